The largest absolute Gasteiger partial charge is 0.478 e. The highest BCUT2D eigenvalue weighted by molar-refractivity contribution is 6.02. The van der Waals surface area contributed by atoms with Gasteiger partial charge in [0.25, 0.3) is 5.91 Å². The number of carboxylic acid groups (broad SMARTS) is 1. The highest BCUT2D eigenvalue weighted by Crippen LogP contribution is 1.86. The van der Waals surface area contributed by atoms with Crippen LogP contribution < -0.4 is 10.6 Å². The summed E-state index contributed by atoms with van der Waals surface area (Å²) >= 11 is 0. The van der Waals surface area contributed by atoms with Crippen LogP contribution in [0.5, 0.6) is 0 Å². The van der Waals surface area contributed by atoms with Crippen molar-refractivity contribution in [3.8, 4) is 0 Å². The summed E-state index contributed by atoms with van der Waals surface area (Å²) in [6, 6.07) is -0.635. The summed E-state index contributed by atoms with van der Waals surface area (Å²) in [6.45, 7) is 4.26. The number of nitrogens with one attached hydrogen (secondary N) is 2. The summed E-state index contributed by atoms with van der Waals surface area (Å²) < 4.78 is 0. The third-order valence-corrected chi connectivity index (χ3v) is 1.28. The number of carboxylic acids is 1. The van der Waals surface area contributed by atoms with E-state index in [1.807, 2.05) is 19.2 Å². The zero-order chi connectivity index (χ0) is 11.8. The Balaban J connectivity index is 3.87. The average Bonchev–Trinajstić information content (AvgIpc) is 2.11. The van der Waals surface area contributed by atoms with E-state index in [0.29, 0.717) is 12.6 Å². The SMILES string of the molecule is CC(C)CNC(=O)NC(=O)/C=C/C(=O)O. The Labute approximate surface area is 87.3 Å². The smallest absolute Gasteiger partial charge is 0.328 e. The van der Waals surface area contributed by atoms with E-state index in [-0.39, 0.29) is 5.92 Å². The molecule has 0 rings (SSSR count). The summed E-state index contributed by atoms with van der Waals surface area (Å²) in [7, 11) is 0. The van der Waals surface area contributed by atoms with E-state index in [9.17, 15) is 14.4 Å². The predicted molar refractivity (Wildman–Crippen MR) is 53.2 cm³/mol. The van der Waals surface area contributed by atoms with Crippen LogP contribution in [0.1, 0.15) is 13.8 Å². The zero-order valence-corrected chi connectivity index (χ0v) is 8.61. The lowest BCUT2D eigenvalue weighted by Crippen LogP contribution is -2.40. The van der Waals surface area contributed by atoms with Crippen molar-refractivity contribution < 1.29 is 19.5 Å². The second-order valence-electron chi connectivity index (χ2n) is 3.26. The molecule has 0 spiro atoms. The molecule has 0 aromatic heterocycles. The lowest BCUT2D eigenvalue weighted by atomic mass is 10.2. The molecule has 0 aliphatic heterocycles. The minimum absolute atomic E-state index is 0.278. The maximum absolute atomic E-state index is 11.0. The van der Waals surface area contributed by atoms with Gasteiger partial charge in [-0.3, -0.25) is 10.1 Å². The molecule has 0 bridgehead atoms. The van der Waals surface area contributed by atoms with Crippen molar-refractivity contribution in [2.45, 2.75) is 13.8 Å². The summed E-state index contributed by atoms with van der Waals surface area (Å²) in [5.41, 5.74) is 0. The fourth-order valence-electron chi connectivity index (χ4n) is 0.642. The lowest BCUT2D eigenvalue weighted by Gasteiger charge is -2.06. The van der Waals surface area contributed by atoms with Gasteiger partial charge >= 0.3 is 12.0 Å². The van der Waals surface area contributed by atoms with Crippen molar-refractivity contribution in [1.82, 2.24) is 10.6 Å². The fraction of sp³-hybridized carbons (Fsp3) is 0.444. The van der Waals surface area contributed by atoms with Crippen molar-refractivity contribution in [3.63, 3.8) is 0 Å². The van der Waals surface area contributed by atoms with E-state index in [4.69, 9.17) is 5.11 Å². The molecule has 3 amide bonds. The monoisotopic (exact) mass is 214 g/mol. The number of carbonyl (C=O) groups excluding carboxylic acids is 2. The molecule has 0 aromatic rings. The quantitative estimate of drug-likeness (QED) is 0.579. The molecule has 0 saturated carbocycles. The van der Waals surface area contributed by atoms with Crippen molar-refractivity contribution in [1.29, 1.82) is 0 Å². The first kappa shape index (κ1) is 13.2. The van der Waals surface area contributed by atoms with Gasteiger partial charge in [0, 0.05) is 18.7 Å². The molecule has 0 atom stereocenters. The van der Waals surface area contributed by atoms with Crippen molar-refractivity contribution in [2.75, 3.05) is 6.54 Å². The molecule has 84 valence electrons. The molecule has 0 aliphatic rings. The summed E-state index contributed by atoms with van der Waals surface area (Å²) in [5.74, 6) is -1.73. The predicted octanol–water partition coefficient (Wildman–Crippen LogP) is 0.109. The van der Waals surface area contributed by atoms with E-state index >= 15 is 0 Å². The van der Waals surface area contributed by atoms with Crippen molar-refractivity contribution >= 4 is 17.9 Å². The molecular weight excluding hydrogens is 200 g/mol. The normalized spacial score (nSPS) is 10.3. The molecule has 0 aromatic carbocycles. The van der Waals surface area contributed by atoms with Gasteiger partial charge in [0.2, 0.25) is 0 Å². The van der Waals surface area contributed by atoms with Crippen LogP contribution in [0.15, 0.2) is 12.2 Å². The summed E-state index contributed by atoms with van der Waals surface area (Å²) in [6.07, 6.45) is 1.43. The van der Waals surface area contributed by atoms with Gasteiger partial charge in [-0.1, -0.05) is 13.8 Å². The molecule has 0 heterocycles. The minimum Gasteiger partial charge on any atom is -0.478 e. The minimum atomic E-state index is -1.24. The van der Waals surface area contributed by atoms with Crippen LogP contribution in [-0.4, -0.2) is 29.6 Å². The Bertz CT molecular complexity index is 284. The standard InChI is InChI=1S/C9H14N2O4/c1-6(2)5-10-9(15)11-7(12)3-4-8(13)14/h3-4,6H,5H2,1-2H3,(H,13,14)(H2,10,11,12,15)/b4-3+. The number of amides is 3. The van der Waals surface area contributed by atoms with Gasteiger partial charge in [-0.25, -0.2) is 9.59 Å². The Morgan fingerprint density at radius 2 is 1.87 bits per heavy atom. The Kier molecular flexibility index (Phi) is 5.77. The molecule has 15 heavy (non-hydrogen) atoms. The van der Waals surface area contributed by atoms with E-state index < -0.39 is 17.9 Å². The van der Waals surface area contributed by atoms with E-state index in [1.165, 1.54) is 0 Å². The molecule has 0 fully saturated rings. The highest BCUT2D eigenvalue weighted by atomic mass is 16.4. The van der Waals surface area contributed by atoms with Crippen LogP contribution in [0.4, 0.5) is 4.79 Å². The Morgan fingerprint density at radius 3 is 2.33 bits per heavy atom. The zero-order valence-electron chi connectivity index (χ0n) is 8.61. The molecule has 0 unspecified atom stereocenters. The van der Waals surface area contributed by atoms with Crippen molar-refractivity contribution in [2.24, 2.45) is 5.92 Å². The fourth-order valence-corrected chi connectivity index (χ4v) is 0.642. The van der Waals surface area contributed by atoms with Crippen LogP contribution in [0.25, 0.3) is 0 Å². The number of urea groups is 1. The third-order valence-electron chi connectivity index (χ3n) is 1.28. The number of aliphatic carboxylic acids is 1. The number of carbonyl (C=O) groups is 3. The lowest BCUT2D eigenvalue weighted by molar-refractivity contribution is -0.131. The first-order chi connectivity index (χ1) is 6.91. The molecule has 0 radical (unpaired) electrons. The number of hydrogen-bond acceptors (Lipinski definition) is 3. The van der Waals surface area contributed by atoms with Crippen molar-refractivity contribution in [3.05, 3.63) is 12.2 Å². The van der Waals surface area contributed by atoms with E-state index in [2.05, 4.69) is 5.32 Å². The van der Waals surface area contributed by atoms with Gasteiger partial charge in [0.1, 0.15) is 0 Å². The van der Waals surface area contributed by atoms with Gasteiger partial charge < -0.3 is 10.4 Å². The first-order valence-electron chi connectivity index (χ1n) is 4.41. The third kappa shape index (κ3) is 8.48. The number of imide groups is 1. The topological polar surface area (TPSA) is 95.5 Å². The maximum Gasteiger partial charge on any atom is 0.328 e. The van der Waals surface area contributed by atoms with E-state index in [0.717, 1.165) is 6.08 Å². The van der Waals surface area contributed by atoms with Crippen LogP contribution in [0.3, 0.4) is 0 Å². The van der Waals surface area contributed by atoms with Gasteiger partial charge in [0.15, 0.2) is 0 Å². The van der Waals surface area contributed by atoms with Gasteiger partial charge in [-0.15, -0.1) is 0 Å². The Hall–Kier alpha value is -1.85. The van der Waals surface area contributed by atoms with E-state index in [1.54, 1.807) is 0 Å². The highest BCUT2D eigenvalue weighted by Gasteiger charge is 2.04. The second-order valence-corrected chi connectivity index (χ2v) is 3.26. The van der Waals surface area contributed by atoms with Gasteiger partial charge in [-0.2, -0.15) is 0 Å². The van der Waals surface area contributed by atoms with Crippen LogP contribution in [0.2, 0.25) is 0 Å². The van der Waals surface area contributed by atoms with Gasteiger partial charge in [0.05, 0.1) is 0 Å². The summed E-state index contributed by atoms with van der Waals surface area (Å²) in [4.78, 5) is 31.9. The average molecular weight is 214 g/mol. The Morgan fingerprint density at radius 1 is 1.27 bits per heavy atom. The van der Waals surface area contributed by atoms with Gasteiger partial charge in [-0.05, 0) is 5.92 Å². The molecular formula is C9H14N2O4. The van der Waals surface area contributed by atoms with Crippen LogP contribution >= 0.6 is 0 Å². The first-order valence-corrected chi connectivity index (χ1v) is 4.41. The summed E-state index contributed by atoms with van der Waals surface area (Å²) in [5, 5.41) is 12.6. The molecule has 0 aliphatic carbocycles. The van der Waals surface area contributed by atoms with Crippen LogP contribution in [0, 0.1) is 5.92 Å². The maximum atomic E-state index is 11.0. The molecule has 6 heteroatoms. The number of hydrogen-bond donors (Lipinski definition) is 3. The molecule has 0 saturated heterocycles. The molecule has 6 nitrogen and oxygen atoms in total. The van der Waals surface area contributed by atoms with Crippen LogP contribution in [-0.2, 0) is 9.59 Å². The second kappa shape index (κ2) is 6.58. The molecule has 3 N–H and O–H groups in total. The number of rotatable bonds is 4.